The number of hydrogen-bond donors (Lipinski definition) is 2. The van der Waals surface area contributed by atoms with Crippen molar-refractivity contribution in [3.05, 3.63) is 22.5 Å². The number of amides is 1. The van der Waals surface area contributed by atoms with Crippen molar-refractivity contribution in [3.8, 4) is 0 Å². The number of anilines is 1. The predicted octanol–water partition coefficient (Wildman–Crippen LogP) is 4.50. The lowest BCUT2D eigenvalue weighted by atomic mass is 9.85. The van der Waals surface area contributed by atoms with Gasteiger partial charge in [0.2, 0.25) is 5.60 Å². The molecule has 0 saturated heterocycles. The number of hydrogen-bond acceptors (Lipinski definition) is 5. The number of carbonyl (C=O) groups is 1. The minimum Gasteiger partial charge on any atom is -0.443 e. The van der Waals surface area contributed by atoms with Crippen LogP contribution < -0.4 is 10.6 Å². The van der Waals surface area contributed by atoms with E-state index in [2.05, 4.69) is 4.98 Å². The van der Waals surface area contributed by atoms with E-state index in [1.165, 1.54) is 4.90 Å². The molecule has 1 atom stereocenters. The van der Waals surface area contributed by atoms with E-state index in [0.29, 0.717) is 5.56 Å². The van der Waals surface area contributed by atoms with Crippen molar-refractivity contribution in [1.29, 1.82) is 0 Å². The van der Waals surface area contributed by atoms with Gasteiger partial charge in [-0.2, -0.15) is 13.2 Å². The van der Waals surface area contributed by atoms with Gasteiger partial charge in [0, 0.05) is 18.5 Å². The molecule has 0 aliphatic carbocycles. The first kappa shape index (κ1) is 25.5. The quantitative estimate of drug-likeness (QED) is 0.662. The number of aliphatic hydroxyl groups is 1. The van der Waals surface area contributed by atoms with Crippen LogP contribution >= 0.6 is 11.6 Å². The highest BCUT2D eigenvalue weighted by Crippen LogP contribution is 2.47. The van der Waals surface area contributed by atoms with Gasteiger partial charge in [-0.3, -0.25) is 4.90 Å². The normalized spacial score (nSPS) is 17.8. The third kappa shape index (κ3) is 4.95. The van der Waals surface area contributed by atoms with Crippen LogP contribution in [0.4, 0.5) is 23.7 Å². The number of rotatable bonds is 2. The molecule has 1 aromatic rings. The van der Waals surface area contributed by atoms with Crippen LogP contribution in [0.3, 0.4) is 0 Å². The first-order valence-electron chi connectivity index (χ1n) is 9.25. The molecule has 10 heteroatoms. The smallest absolute Gasteiger partial charge is 0.424 e. The third-order valence-corrected chi connectivity index (χ3v) is 4.57. The fourth-order valence-corrected chi connectivity index (χ4v) is 3.18. The molecule has 1 aromatic heterocycles. The summed E-state index contributed by atoms with van der Waals surface area (Å²) in [4.78, 5) is 17.5. The Kier molecular flexibility index (Phi) is 7.26. The van der Waals surface area contributed by atoms with Gasteiger partial charge in [0.05, 0.1) is 11.4 Å². The Morgan fingerprint density at radius 2 is 1.86 bits per heavy atom. The van der Waals surface area contributed by atoms with Crippen molar-refractivity contribution in [3.63, 3.8) is 0 Å². The molecular formula is C19H29ClF3N3O3. The number of nitrogens with two attached hydrogens (primary N) is 1. The van der Waals surface area contributed by atoms with Gasteiger partial charge in [-0.15, -0.1) is 0 Å². The molecule has 2 heterocycles. The molecule has 0 fully saturated rings. The molecule has 1 unspecified atom stereocenters. The molecular weight excluding hydrogens is 411 g/mol. The number of aromatic nitrogens is 1. The van der Waals surface area contributed by atoms with Crippen LogP contribution in [0.15, 0.2) is 6.07 Å². The average Bonchev–Trinajstić information content (AvgIpc) is 2.85. The summed E-state index contributed by atoms with van der Waals surface area (Å²) >= 11 is 6.15. The molecule has 0 spiro atoms. The van der Waals surface area contributed by atoms with Gasteiger partial charge in [0.25, 0.3) is 0 Å². The predicted molar refractivity (Wildman–Crippen MR) is 106 cm³/mol. The fourth-order valence-electron chi connectivity index (χ4n) is 2.89. The van der Waals surface area contributed by atoms with Gasteiger partial charge in [-0.1, -0.05) is 39.3 Å². The lowest BCUT2D eigenvalue weighted by molar-refractivity contribution is -0.263. The van der Waals surface area contributed by atoms with E-state index in [4.69, 9.17) is 22.1 Å². The Morgan fingerprint density at radius 1 is 1.34 bits per heavy atom. The van der Waals surface area contributed by atoms with E-state index in [9.17, 15) is 23.1 Å². The second-order valence-electron chi connectivity index (χ2n) is 8.21. The van der Waals surface area contributed by atoms with Crippen LogP contribution in [0.5, 0.6) is 0 Å². The largest absolute Gasteiger partial charge is 0.443 e. The van der Waals surface area contributed by atoms with Crippen LogP contribution in [0.25, 0.3) is 0 Å². The van der Waals surface area contributed by atoms with Gasteiger partial charge in [0.15, 0.2) is 5.15 Å². The number of halogens is 4. The topological polar surface area (TPSA) is 88.7 Å². The van der Waals surface area contributed by atoms with E-state index in [0.717, 1.165) is 6.07 Å². The fraction of sp³-hybridized carbons (Fsp3) is 0.684. The van der Waals surface area contributed by atoms with Crippen LogP contribution in [-0.4, -0.2) is 41.1 Å². The van der Waals surface area contributed by atoms with Gasteiger partial charge >= 0.3 is 12.3 Å². The van der Waals surface area contributed by atoms with E-state index >= 15 is 0 Å². The van der Waals surface area contributed by atoms with Crippen LogP contribution in [0, 0.1) is 0 Å². The number of ether oxygens (including phenoxy) is 1. The highest BCUT2D eigenvalue weighted by molar-refractivity contribution is 6.33. The number of carbonyl (C=O) groups excluding carboxylic acids is 1. The summed E-state index contributed by atoms with van der Waals surface area (Å²) in [6, 6.07) is 1.10. The lowest BCUT2D eigenvalue weighted by Gasteiger charge is -2.30. The second kappa shape index (κ2) is 8.28. The number of alkyl halides is 3. The maximum atomic E-state index is 13.4. The molecule has 2 rings (SSSR count). The number of pyridine rings is 1. The molecule has 0 saturated carbocycles. The first-order chi connectivity index (χ1) is 13.0. The molecule has 166 valence electrons. The standard InChI is InChI=1S/C17H23ClF3N3O3.C2H6/c1-14(2,3)27-13(25)24-8-15(4,5)9-6-10(23-12(18)11(9)24)16(26,7-22)17(19,20)21;1-2/h6,26H,7-8,22H2,1-5H3;1-2H3. The lowest BCUT2D eigenvalue weighted by Crippen LogP contribution is -2.49. The van der Waals surface area contributed by atoms with Crippen molar-refractivity contribution >= 4 is 23.4 Å². The Bertz CT molecular complexity index is 764. The third-order valence-electron chi connectivity index (χ3n) is 4.30. The SMILES string of the molecule is CC.CC(C)(C)OC(=O)N1CC(C)(C)c2cc(C(O)(CN)C(F)(F)F)nc(Cl)c21. The van der Waals surface area contributed by atoms with Crippen LogP contribution in [0.1, 0.15) is 59.7 Å². The number of fused-ring (bicyclic) bond motifs is 1. The molecule has 3 N–H and O–H groups in total. The van der Waals surface area contributed by atoms with Gasteiger partial charge < -0.3 is 15.6 Å². The summed E-state index contributed by atoms with van der Waals surface area (Å²) in [5, 5.41) is 9.77. The Morgan fingerprint density at radius 3 is 2.28 bits per heavy atom. The molecule has 1 amide bonds. The van der Waals surface area contributed by atoms with Crippen LogP contribution in [0.2, 0.25) is 5.15 Å². The zero-order valence-electron chi connectivity index (χ0n) is 17.7. The summed E-state index contributed by atoms with van der Waals surface area (Å²) in [7, 11) is 0. The second-order valence-corrected chi connectivity index (χ2v) is 8.57. The van der Waals surface area contributed by atoms with E-state index < -0.39 is 41.1 Å². The molecule has 1 aliphatic rings. The molecule has 0 aromatic carbocycles. The molecule has 0 bridgehead atoms. The zero-order valence-corrected chi connectivity index (χ0v) is 18.5. The average molecular weight is 440 g/mol. The highest BCUT2D eigenvalue weighted by Gasteiger charge is 2.56. The van der Waals surface area contributed by atoms with E-state index in [1.54, 1.807) is 34.6 Å². The van der Waals surface area contributed by atoms with E-state index in [1.807, 2.05) is 13.8 Å². The first-order valence-corrected chi connectivity index (χ1v) is 9.62. The minimum atomic E-state index is -5.04. The summed E-state index contributed by atoms with van der Waals surface area (Å²) in [6.07, 6.45) is -5.73. The van der Waals surface area contributed by atoms with Crippen molar-refractivity contribution in [1.82, 2.24) is 4.98 Å². The van der Waals surface area contributed by atoms with Crippen molar-refractivity contribution in [2.75, 3.05) is 18.0 Å². The van der Waals surface area contributed by atoms with Gasteiger partial charge in [-0.05, 0) is 32.4 Å². The van der Waals surface area contributed by atoms with Crippen LogP contribution in [-0.2, 0) is 15.8 Å². The Labute approximate surface area is 174 Å². The Balaban J connectivity index is 0.00000204. The van der Waals surface area contributed by atoms with Crippen molar-refractivity contribution in [2.24, 2.45) is 5.73 Å². The Hall–Kier alpha value is -1.58. The zero-order chi connectivity index (χ0) is 23.0. The summed E-state index contributed by atoms with van der Waals surface area (Å²) in [5.74, 6) is 0. The molecule has 6 nitrogen and oxygen atoms in total. The van der Waals surface area contributed by atoms with Crippen molar-refractivity contribution in [2.45, 2.75) is 71.3 Å². The van der Waals surface area contributed by atoms with Gasteiger partial charge in [0.1, 0.15) is 5.60 Å². The summed E-state index contributed by atoms with van der Waals surface area (Å²) in [5.41, 5.74) is 0.150. The maximum Gasteiger partial charge on any atom is 0.424 e. The van der Waals surface area contributed by atoms with Gasteiger partial charge in [-0.25, -0.2) is 9.78 Å². The van der Waals surface area contributed by atoms with Crippen molar-refractivity contribution < 1.29 is 27.8 Å². The molecule has 29 heavy (non-hydrogen) atoms. The number of nitrogens with zero attached hydrogens (tertiary/aromatic N) is 2. The molecule has 1 aliphatic heterocycles. The minimum absolute atomic E-state index is 0.134. The summed E-state index contributed by atoms with van der Waals surface area (Å²) in [6.45, 7) is 11.6. The highest BCUT2D eigenvalue weighted by atomic mass is 35.5. The summed E-state index contributed by atoms with van der Waals surface area (Å²) < 4.78 is 45.4. The molecule has 0 radical (unpaired) electrons. The van der Waals surface area contributed by atoms with E-state index in [-0.39, 0.29) is 17.4 Å². The monoisotopic (exact) mass is 439 g/mol. The maximum absolute atomic E-state index is 13.4.